The van der Waals surface area contributed by atoms with Gasteiger partial charge in [0.1, 0.15) is 12.4 Å². The van der Waals surface area contributed by atoms with Crippen LogP contribution in [0, 0.1) is 5.41 Å². The van der Waals surface area contributed by atoms with Crippen molar-refractivity contribution in [3.8, 4) is 5.75 Å². The predicted octanol–water partition coefficient (Wildman–Crippen LogP) is 3.02. The topological polar surface area (TPSA) is 30.5 Å². The molecule has 0 aliphatic carbocycles. The van der Waals surface area contributed by atoms with Gasteiger partial charge in [0.25, 0.3) is 0 Å². The quantitative estimate of drug-likeness (QED) is 0.771. The molecule has 0 aliphatic rings. The highest BCUT2D eigenvalue weighted by atomic mass is 16.6. The number of rotatable bonds is 6. The second kappa shape index (κ2) is 6.62. The van der Waals surface area contributed by atoms with E-state index in [2.05, 4.69) is 26.3 Å². The fraction of sp³-hybridized carbons (Fsp3) is 0.571. The SMILES string of the molecule is CCON[C@@H](COc1ccccc1)C(C)(C)C. The Balaban J connectivity index is 2.49. The largest absolute Gasteiger partial charge is 0.492 e. The summed E-state index contributed by atoms with van der Waals surface area (Å²) in [5.74, 6) is 0.889. The number of para-hydroxylation sites is 1. The molecule has 3 nitrogen and oxygen atoms in total. The number of hydrogen-bond acceptors (Lipinski definition) is 3. The van der Waals surface area contributed by atoms with Gasteiger partial charge in [0, 0.05) is 0 Å². The van der Waals surface area contributed by atoms with E-state index in [0.29, 0.717) is 13.2 Å². The molecule has 0 unspecified atom stereocenters. The van der Waals surface area contributed by atoms with E-state index >= 15 is 0 Å². The van der Waals surface area contributed by atoms with Gasteiger partial charge in [-0.25, -0.2) is 0 Å². The Labute approximate surface area is 104 Å². The van der Waals surface area contributed by atoms with E-state index in [1.807, 2.05) is 37.3 Å². The van der Waals surface area contributed by atoms with Crippen LogP contribution in [0.15, 0.2) is 30.3 Å². The Hall–Kier alpha value is -1.06. The van der Waals surface area contributed by atoms with Crippen molar-refractivity contribution in [2.24, 2.45) is 5.41 Å². The summed E-state index contributed by atoms with van der Waals surface area (Å²) in [6, 6.07) is 9.99. The van der Waals surface area contributed by atoms with Gasteiger partial charge in [0.15, 0.2) is 0 Å². The smallest absolute Gasteiger partial charge is 0.119 e. The summed E-state index contributed by atoms with van der Waals surface area (Å²) in [4.78, 5) is 5.28. The zero-order chi connectivity index (χ0) is 12.7. The number of ether oxygens (including phenoxy) is 1. The van der Waals surface area contributed by atoms with E-state index in [1.165, 1.54) is 0 Å². The molecule has 0 heterocycles. The van der Waals surface area contributed by atoms with Gasteiger partial charge < -0.3 is 9.57 Å². The lowest BCUT2D eigenvalue weighted by atomic mass is 9.88. The van der Waals surface area contributed by atoms with Crippen molar-refractivity contribution in [2.75, 3.05) is 13.2 Å². The summed E-state index contributed by atoms with van der Waals surface area (Å²) in [5, 5.41) is 0. The van der Waals surface area contributed by atoms with E-state index in [4.69, 9.17) is 9.57 Å². The van der Waals surface area contributed by atoms with E-state index in [-0.39, 0.29) is 11.5 Å². The number of benzene rings is 1. The maximum absolute atomic E-state index is 5.75. The summed E-state index contributed by atoms with van der Waals surface area (Å²) >= 11 is 0. The third kappa shape index (κ3) is 5.20. The molecule has 17 heavy (non-hydrogen) atoms. The lowest BCUT2D eigenvalue weighted by Gasteiger charge is -2.30. The average molecular weight is 237 g/mol. The van der Waals surface area contributed by atoms with Gasteiger partial charge in [-0.05, 0) is 24.5 Å². The van der Waals surface area contributed by atoms with E-state index < -0.39 is 0 Å². The van der Waals surface area contributed by atoms with Crippen LogP contribution in [0.2, 0.25) is 0 Å². The highest BCUT2D eigenvalue weighted by Crippen LogP contribution is 2.20. The van der Waals surface area contributed by atoms with Crippen LogP contribution in [0.3, 0.4) is 0 Å². The summed E-state index contributed by atoms with van der Waals surface area (Å²) in [7, 11) is 0. The fourth-order valence-corrected chi connectivity index (χ4v) is 1.34. The zero-order valence-electron chi connectivity index (χ0n) is 11.2. The minimum Gasteiger partial charge on any atom is -0.492 e. The van der Waals surface area contributed by atoms with E-state index in [0.717, 1.165) is 5.75 Å². The third-order valence-electron chi connectivity index (χ3n) is 2.58. The molecule has 1 N–H and O–H groups in total. The van der Waals surface area contributed by atoms with Crippen molar-refractivity contribution in [1.29, 1.82) is 0 Å². The predicted molar refractivity (Wildman–Crippen MR) is 69.9 cm³/mol. The molecular formula is C14H23NO2. The monoisotopic (exact) mass is 237 g/mol. The first-order chi connectivity index (χ1) is 8.04. The second-order valence-corrected chi connectivity index (χ2v) is 5.09. The van der Waals surface area contributed by atoms with Crippen LogP contribution in [-0.2, 0) is 4.84 Å². The Morgan fingerprint density at radius 2 is 1.82 bits per heavy atom. The lowest BCUT2D eigenvalue weighted by Crippen LogP contribution is -2.44. The molecule has 96 valence electrons. The van der Waals surface area contributed by atoms with Gasteiger partial charge >= 0.3 is 0 Å². The number of hydroxylamine groups is 1. The molecule has 0 bridgehead atoms. The molecule has 1 aromatic carbocycles. The first kappa shape index (κ1) is 14.0. The first-order valence-electron chi connectivity index (χ1n) is 6.09. The van der Waals surface area contributed by atoms with Crippen LogP contribution < -0.4 is 10.2 Å². The summed E-state index contributed by atoms with van der Waals surface area (Å²) < 4.78 is 5.75. The van der Waals surface area contributed by atoms with Crippen molar-refractivity contribution in [2.45, 2.75) is 33.7 Å². The molecule has 0 aliphatic heterocycles. The van der Waals surface area contributed by atoms with Crippen molar-refractivity contribution in [1.82, 2.24) is 5.48 Å². The van der Waals surface area contributed by atoms with E-state index in [9.17, 15) is 0 Å². The van der Waals surface area contributed by atoms with Crippen LogP contribution >= 0.6 is 0 Å². The molecular weight excluding hydrogens is 214 g/mol. The molecule has 0 saturated carbocycles. The van der Waals surface area contributed by atoms with Crippen molar-refractivity contribution in [3.63, 3.8) is 0 Å². The van der Waals surface area contributed by atoms with Crippen molar-refractivity contribution in [3.05, 3.63) is 30.3 Å². The Morgan fingerprint density at radius 3 is 2.35 bits per heavy atom. The van der Waals surface area contributed by atoms with Gasteiger partial charge in [0.05, 0.1) is 12.6 Å². The molecule has 3 heteroatoms. The second-order valence-electron chi connectivity index (χ2n) is 5.09. The molecule has 0 fully saturated rings. The molecule has 1 rings (SSSR count). The molecule has 0 amide bonds. The number of nitrogens with one attached hydrogen (secondary N) is 1. The number of hydrogen-bond donors (Lipinski definition) is 1. The molecule has 0 aromatic heterocycles. The maximum atomic E-state index is 5.75. The Bertz CT molecular complexity index is 306. The highest BCUT2D eigenvalue weighted by Gasteiger charge is 2.25. The van der Waals surface area contributed by atoms with Gasteiger partial charge in [-0.2, -0.15) is 5.48 Å². The molecule has 0 spiro atoms. The lowest BCUT2D eigenvalue weighted by molar-refractivity contribution is -0.0194. The highest BCUT2D eigenvalue weighted by molar-refractivity contribution is 5.20. The Kier molecular flexibility index (Phi) is 5.45. The van der Waals surface area contributed by atoms with Crippen LogP contribution in [-0.4, -0.2) is 19.3 Å². The van der Waals surface area contributed by atoms with Crippen LogP contribution in [0.1, 0.15) is 27.7 Å². The summed E-state index contributed by atoms with van der Waals surface area (Å²) in [5.41, 5.74) is 3.14. The third-order valence-corrected chi connectivity index (χ3v) is 2.58. The van der Waals surface area contributed by atoms with Gasteiger partial charge in [-0.1, -0.05) is 39.0 Å². The fourth-order valence-electron chi connectivity index (χ4n) is 1.34. The van der Waals surface area contributed by atoms with Crippen molar-refractivity contribution >= 4 is 0 Å². The first-order valence-corrected chi connectivity index (χ1v) is 6.09. The van der Waals surface area contributed by atoms with Gasteiger partial charge in [-0.3, -0.25) is 0 Å². The van der Waals surface area contributed by atoms with Gasteiger partial charge in [0.2, 0.25) is 0 Å². The van der Waals surface area contributed by atoms with Crippen LogP contribution in [0.5, 0.6) is 5.75 Å². The van der Waals surface area contributed by atoms with E-state index in [1.54, 1.807) is 0 Å². The molecule has 1 atom stereocenters. The molecule has 0 radical (unpaired) electrons. The summed E-state index contributed by atoms with van der Waals surface area (Å²) in [6.07, 6.45) is 0. The zero-order valence-corrected chi connectivity index (χ0v) is 11.2. The molecule has 1 aromatic rings. The maximum Gasteiger partial charge on any atom is 0.119 e. The standard InChI is InChI=1S/C14H23NO2/c1-5-17-15-13(14(2,3)4)11-16-12-9-7-6-8-10-12/h6-10,13,15H,5,11H2,1-4H3/t13-/m0/s1. The van der Waals surface area contributed by atoms with Crippen molar-refractivity contribution < 1.29 is 9.57 Å². The molecule has 0 saturated heterocycles. The average Bonchev–Trinajstić information content (AvgIpc) is 2.29. The van der Waals surface area contributed by atoms with Crippen LogP contribution in [0.4, 0.5) is 0 Å². The van der Waals surface area contributed by atoms with Gasteiger partial charge in [-0.15, -0.1) is 0 Å². The minimum absolute atomic E-state index is 0.0873. The Morgan fingerprint density at radius 1 is 1.18 bits per heavy atom. The minimum atomic E-state index is 0.0873. The normalized spacial score (nSPS) is 13.4. The van der Waals surface area contributed by atoms with Crippen LogP contribution in [0.25, 0.3) is 0 Å². The summed E-state index contributed by atoms with van der Waals surface area (Å²) in [6.45, 7) is 9.70.